The zero-order valence-electron chi connectivity index (χ0n) is 13.8. The van der Waals surface area contributed by atoms with Crippen LogP contribution in [0.5, 0.6) is 0 Å². The quantitative estimate of drug-likeness (QED) is 0.537. The van der Waals surface area contributed by atoms with Gasteiger partial charge in [-0.1, -0.05) is 6.07 Å². The molecule has 0 spiro atoms. The van der Waals surface area contributed by atoms with E-state index in [0.29, 0.717) is 12.1 Å². The molecule has 7 nitrogen and oxygen atoms in total. The monoisotopic (exact) mass is 343 g/mol. The number of aliphatic hydroxyl groups excluding tert-OH is 1. The van der Waals surface area contributed by atoms with Gasteiger partial charge in [0.05, 0.1) is 5.56 Å². The van der Waals surface area contributed by atoms with Crippen molar-refractivity contribution in [3.63, 3.8) is 0 Å². The summed E-state index contributed by atoms with van der Waals surface area (Å²) in [5.74, 6) is -1.68. The van der Waals surface area contributed by atoms with Crippen LogP contribution < -0.4 is 5.32 Å². The van der Waals surface area contributed by atoms with Crippen LogP contribution in [-0.2, 0) is 4.79 Å². The number of carboxylic acid groups (broad SMARTS) is 1. The first-order valence-corrected chi connectivity index (χ1v) is 8.18. The maximum atomic E-state index is 12.3. The molecular weight excluding hydrogens is 322 g/mol. The number of anilines is 1. The van der Waals surface area contributed by atoms with Crippen molar-refractivity contribution in [2.75, 3.05) is 18.5 Å². The lowest BCUT2D eigenvalue weighted by molar-refractivity contribution is -0.112. The van der Waals surface area contributed by atoms with Crippen LogP contribution in [0.3, 0.4) is 0 Å². The number of piperidine rings is 1. The van der Waals surface area contributed by atoms with Gasteiger partial charge in [-0.05, 0) is 43.9 Å². The van der Waals surface area contributed by atoms with E-state index < -0.39 is 11.9 Å². The molecule has 1 aromatic carbocycles. The van der Waals surface area contributed by atoms with Crippen LogP contribution in [0, 0.1) is 11.3 Å². The number of nitriles is 1. The van der Waals surface area contributed by atoms with E-state index in [1.807, 2.05) is 11.0 Å². The third-order valence-electron chi connectivity index (χ3n) is 4.16. The average molecular weight is 343 g/mol. The van der Waals surface area contributed by atoms with Crippen LogP contribution in [-0.4, -0.2) is 46.2 Å². The molecule has 2 rings (SSSR count). The van der Waals surface area contributed by atoms with Gasteiger partial charge in [-0.2, -0.15) is 5.26 Å². The number of hydrogen-bond donors (Lipinski definition) is 3. The number of amides is 1. The standard InChI is InChI=1S/C18H21N3O4/c19-11-14(12-21-8-2-1-6-16(21)7-9-22)17(23)20-15-5-3-4-13(10-15)18(24)25/h3-5,10,12,16,22H,1-2,6-9H2,(H,20,23)(H,24,25)/b14-12-. The Labute approximate surface area is 146 Å². The zero-order valence-corrected chi connectivity index (χ0v) is 13.8. The van der Waals surface area contributed by atoms with Crippen molar-refractivity contribution in [3.8, 4) is 6.07 Å². The van der Waals surface area contributed by atoms with E-state index in [2.05, 4.69) is 5.32 Å². The van der Waals surface area contributed by atoms with Crippen LogP contribution in [0.25, 0.3) is 0 Å². The van der Waals surface area contributed by atoms with Gasteiger partial charge in [0, 0.05) is 31.1 Å². The lowest BCUT2D eigenvalue weighted by atomic mass is 10.00. The minimum atomic E-state index is -1.09. The second-order valence-corrected chi connectivity index (χ2v) is 5.89. The molecule has 7 heteroatoms. The predicted octanol–water partition coefficient (Wildman–Crippen LogP) is 1.97. The summed E-state index contributed by atoms with van der Waals surface area (Å²) >= 11 is 0. The summed E-state index contributed by atoms with van der Waals surface area (Å²) in [6.07, 6.45) is 5.08. The minimum Gasteiger partial charge on any atom is -0.478 e. The van der Waals surface area contributed by atoms with Gasteiger partial charge in [-0.15, -0.1) is 0 Å². The Morgan fingerprint density at radius 2 is 2.20 bits per heavy atom. The fourth-order valence-electron chi connectivity index (χ4n) is 2.88. The van der Waals surface area contributed by atoms with Gasteiger partial charge in [-0.25, -0.2) is 4.79 Å². The molecule has 1 aliphatic heterocycles. The molecule has 1 fully saturated rings. The van der Waals surface area contributed by atoms with E-state index in [1.54, 1.807) is 6.07 Å². The zero-order chi connectivity index (χ0) is 18.2. The Kier molecular flexibility index (Phi) is 6.54. The summed E-state index contributed by atoms with van der Waals surface area (Å²) in [7, 11) is 0. The topological polar surface area (TPSA) is 114 Å². The number of nitrogens with zero attached hydrogens (tertiary/aromatic N) is 2. The summed E-state index contributed by atoms with van der Waals surface area (Å²) in [6.45, 7) is 0.794. The van der Waals surface area contributed by atoms with Crippen LogP contribution in [0.4, 0.5) is 5.69 Å². The number of likely N-dealkylation sites (tertiary alicyclic amines) is 1. The third kappa shape index (κ3) is 5.06. The summed E-state index contributed by atoms with van der Waals surface area (Å²) in [4.78, 5) is 25.3. The summed E-state index contributed by atoms with van der Waals surface area (Å²) in [5.41, 5.74) is 0.321. The van der Waals surface area contributed by atoms with Crippen molar-refractivity contribution in [1.29, 1.82) is 5.26 Å². The SMILES string of the molecule is N#C/C(=C/N1CCCCC1CCO)C(=O)Nc1cccc(C(=O)O)c1. The average Bonchev–Trinajstić information content (AvgIpc) is 2.61. The van der Waals surface area contributed by atoms with Gasteiger partial charge >= 0.3 is 5.97 Å². The van der Waals surface area contributed by atoms with E-state index in [-0.39, 0.29) is 23.8 Å². The lowest BCUT2D eigenvalue weighted by Crippen LogP contribution is -2.37. The number of benzene rings is 1. The number of nitrogens with one attached hydrogen (secondary N) is 1. The molecule has 0 aromatic heterocycles. The van der Waals surface area contributed by atoms with E-state index in [0.717, 1.165) is 25.8 Å². The highest BCUT2D eigenvalue weighted by atomic mass is 16.4. The van der Waals surface area contributed by atoms with Gasteiger partial charge in [0.1, 0.15) is 11.6 Å². The van der Waals surface area contributed by atoms with E-state index >= 15 is 0 Å². The van der Waals surface area contributed by atoms with Crippen molar-refractivity contribution >= 4 is 17.6 Å². The first-order valence-electron chi connectivity index (χ1n) is 8.18. The number of rotatable bonds is 6. The normalized spacial score (nSPS) is 17.7. The van der Waals surface area contributed by atoms with Gasteiger partial charge in [0.15, 0.2) is 0 Å². The largest absolute Gasteiger partial charge is 0.478 e. The lowest BCUT2D eigenvalue weighted by Gasteiger charge is -2.34. The Balaban J connectivity index is 2.13. The summed E-state index contributed by atoms with van der Waals surface area (Å²) in [5, 5.41) is 30.0. The number of carbonyl (C=O) groups excluding carboxylic acids is 1. The van der Waals surface area contributed by atoms with Crippen molar-refractivity contribution in [3.05, 3.63) is 41.6 Å². The molecule has 1 amide bonds. The molecule has 0 bridgehead atoms. The molecule has 0 radical (unpaired) electrons. The number of hydrogen-bond acceptors (Lipinski definition) is 5. The summed E-state index contributed by atoms with van der Waals surface area (Å²) < 4.78 is 0. The number of carbonyl (C=O) groups is 2. The molecule has 1 saturated heterocycles. The highest BCUT2D eigenvalue weighted by molar-refractivity contribution is 6.06. The first kappa shape index (κ1) is 18.5. The van der Waals surface area contributed by atoms with Gasteiger partial charge in [-0.3, -0.25) is 4.79 Å². The van der Waals surface area contributed by atoms with Gasteiger partial charge in [0.25, 0.3) is 5.91 Å². The molecule has 1 aliphatic rings. The molecule has 1 aromatic rings. The van der Waals surface area contributed by atoms with Crippen molar-refractivity contribution in [2.45, 2.75) is 31.7 Å². The van der Waals surface area contributed by atoms with E-state index in [1.165, 1.54) is 24.4 Å². The van der Waals surface area contributed by atoms with Crippen LogP contribution in [0.2, 0.25) is 0 Å². The smallest absolute Gasteiger partial charge is 0.335 e. The maximum absolute atomic E-state index is 12.3. The Hall–Kier alpha value is -2.85. The van der Waals surface area contributed by atoms with Crippen molar-refractivity contribution in [2.24, 2.45) is 0 Å². The summed E-state index contributed by atoms with van der Waals surface area (Å²) in [6, 6.07) is 7.86. The van der Waals surface area contributed by atoms with Crippen LogP contribution in [0.1, 0.15) is 36.0 Å². The molecule has 1 atom stereocenters. The predicted molar refractivity (Wildman–Crippen MR) is 91.8 cm³/mol. The maximum Gasteiger partial charge on any atom is 0.335 e. The number of aromatic carboxylic acids is 1. The second-order valence-electron chi connectivity index (χ2n) is 5.89. The van der Waals surface area contributed by atoms with Gasteiger partial charge in [0.2, 0.25) is 0 Å². The molecule has 3 N–H and O–H groups in total. The fourth-order valence-corrected chi connectivity index (χ4v) is 2.88. The minimum absolute atomic E-state index is 0.0504. The molecule has 25 heavy (non-hydrogen) atoms. The molecular formula is C18H21N3O4. The van der Waals surface area contributed by atoms with Crippen LogP contribution >= 0.6 is 0 Å². The molecule has 0 aliphatic carbocycles. The van der Waals surface area contributed by atoms with Crippen molar-refractivity contribution < 1.29 is 19.8 Å². The Morgan fingerprint density at radius 1 is 1.40 bits per heavy atom. The Morgan fingerprint density at radius 3 is 2.88 bits per heavy atom. The molecule has 132 valence electrons. The van der Waals surface area contributed by atoms with Gasteiger partial charge < -0.3 is 20.4 Å². The van der Waals surface area contributed by atoms with Crippen molar-refractivity contribution in [1.82, 2.24) is 4.90 Å². The highest BCUT2D eigenvalue weighted by Crippen LogP contribution is 2.21. The Bertz CT molecular complexity index is 707. The first-order chi connectivity index (χ1) is 12.0. The number of carboxylic acids is 1. The highest BCUT2D eigenvalue weighted by Gasteiger charge is 2.21. The molecule has 1 unspecified atom stereocenters. The van der Waals surface area contributed by atoms with Crippen LogP contribution in [0.15, 0.2) is 36.0 Å². The van der Waals surface area contributed by atoms with E-state index in [4.69, 9.17) is 10.2 Å². The second kappa shape index (κ2) is 8.85. The third-order valence-corrected chi connectivity index (χ3v) is 4.16. The fraction of sp³-hybridized carbons (Fsp3) is 0.389. The number of aliphatic hydroxyl groups is 1. The van der Waals surface area contributed by atoms with E-state index in [9.17, 15) is 14.9 Å². The molecule has 0 saturated carbocycles. The molecule has 1 heterocycles.